The molecule has 124 valence electrons. The summed E-state index contributed by atoms with van der Waals surface area (Å²) in [6, 6.07) is 8.36. The minimum Gasteiger partial charge on any atom is -0.206 e. The highest BCUT2D eigenvalue weighted by Gasteiger charge is 2.21. The van der Waals surface area contributed by atoms with E-state index in [4.69, 9.17) is 46.4 Å². The Labute approximate surface area is 160 Å². The number of halogens is 5. The number of hydrogen-bond acceptors (Lipinski definition) is 0. The molecule has 0 N–H and O–H groups in total. The normalized spacial score (nSPS) is 14.8. The summed E-state index contributed by atoms with van der Waals surface area (Å²) in [6.45, 7) is 1.89. The van der Waals surface area contributed by atoms with Gasteiger partial charge in [0, 0.05) is 11.1 Å². The number of rotatable bonds is 2. The quantitative estimate of drug-likeness (QED) is 0.478. The Morgan fingerprint density at radius 3 is 2.46 bits per heavy atom. The van der Waals surface area contributed by atoms with Gasteiger partial charge in [0.25, 0.3) is 0 Å². The lowest BCUT2D eigenvalue weighted by atomic mass is 9.93. The van der Waals surface area contributed by atoms with Crippen molar-refractivity contribution in [2.45, 2.75) is 19.8 Å². The summed E-state index contributed by atoms with van der Waals surface area (Å²) >= 11 is 25.4. The van der Waals surface area contributed by atoms with Gasteiger partial charge in [-0.1, -0.05) is 70.2 Å². The van der Waals surface area contributed by atoms with Crippen LogP contribution in [0.25, 0.3) is 16.7 Å². The van der Waals surface area contributed by atoms with Crippen LogP contribution in [0.5, 0.6) is 0 Å². The number of hydrogen-bond donors (Lipinski definition) is 0. The zero-order valence-electron chi connectivity index (χ0n) is 12.8. The average Bonchev–Trinajstić information content (AvgIpc) is 2.54. The Balaban J connectivity index is 2.25. The molecule has 0 heterocycles. The van der Waals surface area contributed by atoms with Gasteiger partial charge in [0.1, 0.15) is 5.82 Å². The van der Waals surface area contributed by atoms with Gasteiger partial charge in [-0.2, -0.15) is 0 Å². The lowest BCUT2D eigenvalue weighted by Gasteiger charge is -2.19. The van der Waals surface area contributed by atoms with Gasteiger partial charge in [0.15, 0.2) is 0 Å². The van der Waals surface area contributed by atoms with E-state index in [1.54, 1.807) is 24.3 Å². The van der Waals surface area contributed by atoms with Crippen LogP contribution in [-0.2, 0) is 0 Å². The molecule has 0 aromatic heterocycles. The Hall–Kier alpha value is -0.990. The van der Waals surface area contributed by atoms with Crippen LogP contribution in [0.4, 0.5) is 4.39 Å². The van der Waals surface area contributed by atoms with E-state index in [1.165, 1.54) is 6.07 Å². The summed E-state index contributed by atoms with van der Waals surface area (Å²) in [5.74, 6) is -0.372. The van der Waals surface area contributed by atoms with E-state index in [9.17, 15) is 4.39 Å². The fraction of sp³-hybridized carbons (Fsp3) is 0.158. The van der Waals surface area contributed by atoms with Crippen LogP contribution in [0.15, 0.2) is 46.5 Å². The first-order valence-corrected chi connectivity index (χ1v) is 8.91. The van der Waals surface area contributed by atoms with Crippen LogP contribution in [0, 0.1) is 12.7 Å². The lowest BCUT2D eigenvalue weighted by molar-refractivity contribution is 0.631. The van der Waals surface area contributed by atoms with E-state index < -0.39 is 0 Å². The first-order chi connectivity index (χ1) is 11.4. The Morgan fingerprint density at radius 2 is 1.71 bits per heavy atom. The SMILES string of the molecule is Cc1ccc(F)c(-c2c(Cl)ccc(C3=C(Cl)C(Cl)=CCC3)c2Cl)c1. The van der Waals surface area contributed by atoms with Gasteiger partial charge in [0.05, 0.1) is 20.1 Å². The van der Waals surface area contributed by atoms with Crippen LogP contribution in [0.3, 0.4) is 0 Å². The fourth-order valence-electron chi connectivity index (χ4n) is 2.80. The molecule has 2 aromatic carbocycles. The standard InChI is InChI=1S/C19H13Cl4F/c1-10-5-8-16(24)13(9-10)17-14(20)7-6-12(19(17)23)11-3-2-4-15(21)18(11)22/h4-9H,2-3H2,1H3. The molecule has 1 aliphatic carbocycles. The molecule has 5 heteroatoms. The van der Waals surface area contributed by atoms with Gasteiger partial charge in [-0.3, -0.25) is 0 Å². The van der Waals surface area contributed by atoms with Gasteiger partial charge < -0.3 is 0 Å². The number of allylic oxidation sites excluding steroid dienone is 4. The highest BCUT2D eigenvalue weighted by Crippen LogP contribution is 2.45. The molecule has 24 heavy (non-hydrogen) atoms. The van der Waals surface area contributed by atoms with Crippen LogP contribution >= 0.6 is 46.4 Å². The molecule has 0 unspecified atom stereocenters. The van der Waals surface area contributed by atoms with Crippen molar-refractivity contribution < 1.29 is 4.39 Å². The second-order valence-corrected chi connectivity index (χ2v) is 7.22. The summed E-state index contributed by atoms with van der Waals surface area (Å²) < 4.78 is 14.3. The second-order valence-electron chi connectivity index (χ2n) is 5.65. The molecule has 0 saturated carbocycles. The van der Waals surface area contributed by atoms with Crippen LogP contribution in [-0.4, -0.2) is 0 Å². The average molecular weight is 402 g/mol. The summed E-state index contributed by atoms with van der Waals surface area (Å²) in [4.78, 5) is 0. The van der Waals surface area contributed by atoms with Crippen molar-refractivity contribution in [2.75, 3.05) is 0 Å². The third kappa shape index (κ3) is 3.23. The minimum absolute atomic E-state index is 0.372. The molecular formula is C19H13Cl4F. The molecule has 0 aliphatic heterocycles. The van der Waals surface area contributed by atoms with Gasteiger partial charge >= 0.3 is 0 Å². The smallest absolute Gasteiger partial charge is 0.131 e. The van der Waals surface area contributed by atoms with Gasteiger partial charge in [-0.25, -0.2) is 4.39 Å². The van der Waals surface area contributed by atoms with E-state index >= 15 is 0 Å². The molecule has 0 amide bonds. The van der Waals surface area contributed by atoms with Crippen molar-refractivity contribution in [1.82, 2.24) is 0 Å². The summed E-state index contributed by atoms with van der Waals surface area (Å²) in [7, 11) is 0. The van der Waals surface area contributed by atoms with Crippen molar-refractivity contribution in [3.63, 3.8) is 0 Å². The third-order valence-electron chi connectivity index (χ3n) is 4.00. The molecule has 2 aromatic rings. The zero-order chi connectivity index (χ0) is 17.4. The zero-order valence-corrected chi connectivity index (χ0v) is 15.8. The molecule has 0 saturated heterocycles. The van der Waals surface area contributed by atoms with Gasteiger partial charge in [-0.05, 0) is 49.1 Å². The lowest BCUT2D eigenvalue weighted by Crippen LogP contribution is -1.97. The summed E-state index contributed by atoms with van der Waals surface area (Å²) in [6.07, 6.45) is 3.36. The van der Waals surface area contributed by atoms with E-state index in [0.717, 1.165) is 23.1 Å². The molecule has 1 aliphatic rings. The van der Waals surface area contributed by atoms with E-state index in [0.29, 0.717) is 37.7 Å². The molecule has 3 rings (SSSR count). The molecule has 0 radical (unpaired) electrons. The second kappa shape index (κ2) is 7.09. The highest BCUT2D eigenvalue weighted by atomic mass is 35.5. The predicted molar refractivity (Wildman–Crippen MR) is 103 cm³/mol. The molecule has 0 atom stereocenters. The van der Waals surface area contributed by atoms with Crippen molar-refractivity contribution in [3.8, 4) is 11.1 Å². The monoisotopic (exact) mass is 400 g/mol. The van der Waals surface area contributed by atoms with Crippen molar-refractivity contribution in [1.29, 1.82) is 0 Å². The van der Waals surface area contributed by atoms with Crippen molar-refractivity contribution in [2.24, 2.45) is 0 Å². The van der Waals surface area contributed by atoms with E-state index in [2.05, 4.69) is 0 Å². The fourth-order valence-corrected chi connectivity index (χ4v) is 3.99. The maximum atomic E-state index is 14.3. The minimum atomic E-state index is -0.372. The molecule has 0 bridgehead atoms. The summed E-state index contributed by atoms with van der Waals surface area (Å²) in [5, 5.41) is 1.75. The van der Waals surface area contributed by atoms with Crippen molar-refractivity contribution >= 4 is 52.0 Å². The number of aryl methyl sites for hydroxylation is 1. The first-order valence-electron chi connectivity index (χ1n) is 7.39. The maximum Gasteiger partial charge on any atom is 0.131 e. The predicted octanol–water partition coefficient (Wildman–Crippen LogP) is 7.97. The molecule has 0 spiro atoms. The molecular weight excluding hydrogens is 389 g/mol. The number of benzene rings is 2. The largest absolute Gasteiger partial charge is 0.206 e. The first kappa shape index (κ1) is 17.8. The van der Waals surface area contributed by atoms with E-state index in [-0.39, 0.29) is 5.82 Å². The Morgan fingerprint density at radius 1 is 0.958 bits per heavy atom. The Bertz CT molecular complexity index is 881. The van der Waals surface area contributed by atoms with Crippen LogP contribution in [0.2, 0.25) is 10.0 Å². The Kier molecular flexibility index (Phi) is 5.27. The molecule has 0 nitrogen and oxygen atoms in total. The van der Waals surface area contributed by atoms with Gasteiger partial charge in [-0.15, -0.1) is 0 Å². The van der Waals surface area contributed by atoms with Gasteiger partial charge in [0.2, 0.25) is 0 Å². The highest BCUT2D eigenvalue weighted by molar-refractivity contribution is 6.47. The van der Waals surface area contributed by atoms with Crippen LogP contribution in [0.1, 0.15) is 24.0 Å². The maximum absolute atomic E-state index is 14.3. The van der Waals surface area contributed by atoms with Crippen molar-refractivity contribution in [3.05, 3.63) is 73.5 Å². The summed E-state index contributed by atoms with van der Waals surface area (Å²) in [5.41, 5.74) is 3.35. The third-order valence-corrected chi connectivity index (χ3v) is 5.58. The van der Waals surface area contributed by atoms with E-state index in [1.807, 2.05) is 13.0 Å². The topological polar surface area (TPSA) is 0 Å². The molecule has 0 fully saturated rings. The van der Waals surface area contributed by atoms with Crippen LogP contribution < -0.4 is 0 Å².